The maximum atomic E-state index is 14.0. The third-order valence-corrected chi connectivity index (χ3v) is 5.25. The molecule has 0 fully saturated rings. The van der Waals surface area contributed by atoms with Crippen molar-refractivity contribution in [2.45, 2.75) is 24.8 Å². The Hall–Kier alpha value is -1.07. The summed E-state index contributed by atoms with van der Waals surface area (Å²) in [7, 11) is -3.87. The third-order valence-electron chi connectivity index (χ3n) is 2.48. The van der Waals surface area contributed by atoms with Crippen molar-refractivity contribution in [3.63, 3.8) is 0 Å². The van der Waals surface area contributed by atoms with Crippen LogP contribution >= 0.6 is 11.8 Å². The number of hydrogen-bond donors (Lipinski definition) is 2. The lowest BCUT2D eigenvalue weighted by molar-refractivity contribution is 0.549. The molecule has 3 N–H and O–H groups in total. The molecule has 21 heavy (non-hydrogen) atoms. The van der Waals surface area contributed by atoms with Gasteiger partial charge in [-0.2, -0.15) is 11.8 Å². The molecule has 0 aliphatic carbocycles. The van der Waals surface area contributed by atoms with Gasteiger partial charge in [0.2, 0.25) is 10.0 Å². The van der Waals surface area contributed by atoms with E-state index in [2.05, 4.69) is 16.6 Å². The average Bonchev–Trinajstić information content (AvgIpc) is 2.42. The van der Waals surface area contributed by atoms with Crippen molar-refractivity contribution in [1.29, 1.82) is 0 Å². The second-order valence-corrected chi connectivity index (χ2v) is 7.33. The van der Waals surface area contributed by atoms with Gasteiger partial charge in [0.1, 0.15) is 10.7 Å². The van der Waals surface area contributed by atoms with Gasteiger partial charge in [-0.15, -0.1) is 0 Å². The highest BCUT2D eigenvalue weighted by atomic mass is 32.2. The Labute approximate surface area is 129 Å². The van der Waals surface area contributed by atoms with Crippen molar-refractivity contribution in [3.05, 3.63) is 29.6 Å². The molecule has 1 rings (SSSR count). The number of hydrogen-bond acceptors (Lipinski definition) is 4. The van der Waals surface area contributed by atoms with E-state index >= 15 is 0 Å². The fourth-order valence-corrected chi connectivity index (χ4v) is 3.69. The number of nitrogens with two attached hydrogens (primary N) is 1. The standard InChI is InChI=1S/C14H19FN2O2S2/c1-3-20-10-11(2)17-21(18,19)14-7-6-12(5-4-8-16)9-13(14)15/h6-7,9,11,17H,3,8,10,16H2,1-2H3. The Balaban J connectivity index is 2.93. The van der Waals surface area contributed by atoms with Crippen LogP contribution in [0.15, 0.2) is 23.1 Å². The van der Waals surface area contributed by atoms with Crippen LogP contribution in [0.5, 0.6) is 0 Å². The minimum absolute atomic E-state index is 0.163. The molecular weight excluding hydrogens is 311 g/mol. The van der Waals surface area contributed by atoms with Gasteiger partial charge in [0.25, 0.3) is 0 Å². The van der Waals surface area contributed by atoms with Crippen LogP contribution in [0.1, 0.15) is 19.4 Å². The van der Waals surface area contributed by atoms with E-state index in [1.807, 2.05) is 6.92 Å². The van der Waals surface area contributed by atoms with Gasteiger partial charge in [-0.05, 0) is 30.9 Å². The molecule has 7 heteroatoms. The summed E-state index contributed by atoms with van der Waals surface area (Å²) in [5.74, 6) is 5.96. The molecule has 1 unspecified atom stereocenters. The predicted molar refractivity (Wildman–Crippen MR) is 85.1 cm³/mol. The normalized spacial score (nSPS) is 12.6. The second kappa shape index (κ2) is 8.39. The van der Waals surface area contributed by atoms with E-state index in [0.29, 0.717) is 11.3 Å². The first-order valence-corrected chi connectivity index (χ1v) is 9.13. The Bertz CT molecular complexity index is 636. The van der Waals surface area contributed by atoms with Crippen LogP contribution < -0.4 is 10.5 Å². The van der Waals surface area contributed by atoms with Gasteiger partial charge >= 0.3 is 0 Å². The lowest BCUT2D eigenvalue weighted by Crippen LogP contribution is -2.34. The largest absolute Gasteiger partial charge is 0.320 e. The number of rotatable bonds is 6. The molecule has 1 aromatic rings. The summed E-state index contributed by atoms with van der Waals surface area (Å²) in [4.78, 5) is -0.367. The molecule has 0 spiro atoms. The van der Waals surface area contributed by atoms with Crippen LogP contribution in [-0.2, 0) is 10.0 Å². The smallest absolute Gasteiger partial charge is 0.243 e. The Morgan fingerprint density at radius 3 is 2.76 bits per heavy atom. The first kappa shape index (κ1) is 18.0. The van der Waals surface area contributed by atoms with Gasteiger partial charge in [-0.3, -0.25) is 0 Å². The van der Waals surface area contributed by atoms with Crippen LogP contribution in [0.25, 0.3) is 0 Å². The van der Waals surface area contributed by atoms with Crippen molar-refractivity contribution in [2.75, 3.05) is 18.1 Å². The fourth-order valence-electron chi connectivity index (χ4n) is 1.61. The van der Waals surface area contributed by atoms with Gasteiger partial charge in [-0.25, -0.2) is 17.5 Å². The minimum atomic E-state index is -3.87. The quantitative estimate of drug-likeness (QED) is 0.777. The number of sulfonamides is 1. The number of halogens is 1. The molecule has 0 saturated carbocycles. The molecule has 0 amide bonds. The van der Waals surface area contributed by atoms with Crippen molar-refractivity contribution in [3.8, 4) is 11.8 Å². The van der Waals surface area contributed by atoms with Gasteiger partial charge in [0.15, 0.2) is 0 Å². The van der Waals surface area contributed by atoms with E-state index < -0.39 is 15.8 Å². The zero-order valence-electron chi connectivity index (χ0n) is 12.0. The second-order valence-electron chi connectivity index (χ2n) is 4.33. The maximum absolute atomic E-state index is 14.0. The Morgan fingerprint density at radius 1 is 1.48 bits per heavy atom. The van der Waals surface area contributed by atoms with Gasteiger partial charge in [0, 0.05) is 17.4 Å². The Morgan fingerprint density at radius 2 is 2.19 bits per heavy atom. The van der Waals surface area contributed by atoms with E-state index in [1.165, 1.54) is 12.1 Å². The Kier molecular flexibility index (Phi) is 7.18. The molecule has 4 nitrogen and oxygen atoms in total. The summed E-state index contributed by atoms with van der Waals surface area (Å²) in [5, 5.41) is 0. The van der Waals surface area contributed by atoms with E-state index in [0.717, 1.165) is 11.8 Å². The van der Waals surface area contributed by atoms with Crippen LogP contribution in [0.4, 0.5) is 4.39 Å². The monoisotopic (exact) mass is 330 g/mol. The van der Waals surface area contributed by atoms with Crippen molar-refractivity contribution in [2.24, 2.45) is 5.73 Å². The minimum Gasteiger partial charge on any atom is -0.320 e. The number of thioether (sulfide) groups is 1. The zero-order valence-corrected chi connectivity index (χ0v) is 13.7. The molecule has 1 atom stereocenters. The van der Waals surface area contributed by atoms with Crippen LogP contribution in [-0.4, -0.2) is 32.5 Å². The maximum Gasteiger partial charge on any atom is 0.243 e. The molecule has 0 aromatic heterocycles. The summed E-state index contributed by atoms with van der Waals surface area (Å²) in [6.07, 6.45) is 0. The van der Waals surface area contributed by atoms with E-state index in [-0.39, 0.29) is 17.5 Å². The van der Waals surface area contributed by atoms with Crippen LogP contribution in [0.2, 0.25) is 0 Å². The molecule has 0 saturated heterocycles. The number of benzene rings is 1. The molecule has 0 radical (unpaired) electrons. The third kappa shape index (κ3) is 5.67. The van der Waals surface area contributed by atoms with Crippen LogP contribution in [0.3, 0.4) is 0 Å². The summed E-state index contributed by atoms with van der Waals surface area (Å²) in [6.45, 7) is 3.90. The summed E-state index contributed by atoms with van der Waals surface area (Å²) in [5.41, 5.74) is 5.63. The first-order valence-electron chi connectivity index (χ1n) is 6.49. The lowest BCUT2D eigenvalue weighted by Gasteiger charge is -2.14. The van der Waals surface area contributed by atoms with Crippen LogP contribution in [0, 0.1) is 17.7 Å². The van der Waals surface area contributed by atoms with E-state index in [1.54, 1.807) is 18.7 Å². The van der Waals surface area contributed by atoms with E-state index in [4.69, 9.17) is 5.73 Å². The summed E-state index contributed by atoms with van der Waals surface area (Å²) in [6, 6.07) is 3.52. The SMILES string of the molecule is CCSCC(C)NS(=O)(=O)c1ccc(C#CCN)cc1F. The van der Waals surface area contributed by atoms with Gasteiger partial charge in [-0.1, -0.05) is 18.8 Å². The highest BCUT2D eigenvalue weighted by Gasteiger charge is 2.21. The summed E-state index contributed by atoms with van der Waals surface area (Å²) < 4.78 is 40.7. The van der Waals surface area contributed by atoms with E-state index in [9.17, 15) is 12.8 Å². The number of nitrogens with one attached hydrogen (secondary N) is 1. The summed E-state index contributed by atoms with van der Waals surface area (Å²) >= 11 is 1.62. The van der Waals surface area contributed by atoms with Gasteiger partial charge in [0.05, 0.1) is 6.54 Å². The zero-order chi connectivity index (χ0) is 15.9. The van der Waals surface area contributed by atoms with Gasteiger partial charge < -0.3 is 5.73 Å². The first-order chi connectivity index (χ1) is 9.90. The molecule has 116 valence electrons. The lowest BCUT2D eigenvalue weighted by atomic mass is 10.2. The molecule has 0 aliphatic heterocycles. The highest BCUT2D eigenvalue weighted by molar-refractivity contribution is 7.99. The molecular formula is C14H19FN2O2S2. The van der Waals surface area contributed by atoms with Crippen molar-refractivity contribution < 1.29 is 12.8 Å². The van der Waals surface area contributed by atoms with Crippen molar-refractivity contribution in [1.82, 2.24) is 4.72 Å². The fraction of sp³-hybridized carbons (Fsp3) is 0.429. The van der Waals surface area contributed by atoms with Crippen molar-refractivity contribution >= 4 is 21.8 Å². The average molecular weight is 330 g/mol. The highest BCUT2D eigenvalue weighted by Crippen LogP contribution is 2.16. The predicted octanol–water partition coefficient (Wildman–Crippen LogP) is 1.56. The topological polar surface area (TPSA) is 72.2 Å². The molecule has 1 aromatic carbocycles. The molecule has 0 aliphatic rings. The molecule has 0 heterocycles. The molecule has 0 bridgehead atoms.